The van der Waals surface area contributed by atoms with Crippen LogP contribution in [0.15, 0.2) is 24.3 Å². The van der Waals surface area contributed by atoms with Gasteiger partial charge in [0, 0.05) is 6.16 Å². The fourth-order valence-corrected chi connectivity index (χ4v) is 3.31. The number of ether oxygens (including phenoxy) is 1. The Morgan fingerprint density at radius 3 is 2.21 bits per heavy atom. The van der Waals surface area contributed by atoms with Crippen molar-refractivity contribution in [3.05, 3.63) is 29.8 Å². The first kappa shape index (κ1) is 20.1. The van der Waals surface area contributed by atoms with Crippen molar-refractivity contribution in [3.63, 3.8) is 0 Å². The molecule has 10 heteroatoms. The number of hydrogen-bond donors (Lipinski definition) is 5. The fraction of sp³-hybridized carbons (Fsp3) is 0.429. The number of carbonyl (C=O) groups is 2. The molecule has 0 spiro atoms. The Morgan fingerprint density at radius 1 is 1.21 bits per heavy atom. The van der Waals surface area contributed by atoms with Crippen LogP contribution < -0.4 is 10.5 Å². The van der Waals surface area contributed by atoms with Crippen LogP contribution in [0.3, 0.4) is 0 Å². The maximum Gasteiger partial charge on any atom is 0.344 e. The van der Waals surface area contributed by atoms with E-state index in [1.54, 1.807) is 0 Å². The summed E-state index contributed by atoms with van der Waals surface area (Å²) in [6, 6.07) is 4.09. The Labute approximate surface area is 138 Å². The molecule has 1 aromatic rings. The van der Waals surface area contributed by atoms with Gasteiger partial charge in [-0.1, -0.05) is 12.1 Å². The van der Waals surface area contributed by atoms with E-state index in [1.807, 2.05) is 0 Å². The smallest absolute Gasteiger partial charge is 0.344 e. The minimum absolute atomic E-state index is 0.125. The number of benzene rings is 1. The van der Waals surface area contributed by atoms with Crippen LogP contribution in [0, 0.1) is 0 Å². The third-order valence-electron chi connectivity index (χ3n) is 3.30. The standard InChI is InChI=1S/C14H20NO8P/c1-8(12(16)17)23-10-4-2-9(3-5-10)14(20)24(21,22)7-6-11(15)13(18)19/h2-5,8,11,14,20H,6-7,15H2,1H3,(H,16,17)(H,18,19)(H,21,22). The van der Waals surface area contributed by atoms with Crippen molar-refractivity contribution < 1.29 is 39.1 Å². The van der Waals surface area contributed by atoms with E-state index in [0.29, 0.717) is 0 Å². The molecule has 0 fully saturated rings. The van der Waals surface area contributed by atoms with Gasteiger partial charge in [0.1, 0.15) is 11.8 Å². The lowest BCUT2D eigenvalue weighted by atomic mass is 10.2. The highest BCUT2D eigenvalue weighted by Gasteiger charge is 2.31. The third-order valence-corrected chi connectivity index (χ3v) is 5.26. The quantitative estimate of drug-likeness (QED) is 0.396. The molecule has 0 heterocycles. The summed E-state index contributed by atoms with van der Waals surface area (Å²) >= 11 is 0. The van der Waals surface area contributed by atoms with E-state index in [0.717, 1.165) is 0 Å². The first-order valence-electron chi connectivity index (χ1n) is 7.02. The van der Waals surface area contributed by atoms with Crippen LogP contribution in [0.4, 0.5) is 0 Å². The topological polar surface area (TPSA) is 167 Å². The molecular weight excluding hydrogens is 341 g/mol. The zero-order chi connectivity index (χ0) is 18.5. The highest BCUT2D eigenvalue weighted by atomic mass is 31.2. The first-order chi connectivity index (χ1) is 11.0. The van der Waals surface area contributed by atoms with Gasteiger partial charge in [-0.3, -0.25) is 9.36 Å². The van der Waals surface area contributed by atoms with Crippen molar-refractivity contribution in [3.8, 4) is 5.75 Å². The van der Waals surface area contributed by atoms with E-state index in [4.69, 9.17) is 20.7 Å². The van der Waals surface area contributed by atoms with Gasteiger partial charge in [0.15, 0.2) is 11.9 Å². The highest BCUT2D eigenvalue weighted by molar-refractivity contribution is 7.58. The highest BCUT2D eigenvalue weighted by Crippen LogP contribution is 2.54. The minimum atomic E-state index is -4.08. The monoisotopic (exact) mass is 361 g/mol. The molecule has 9 nitrogen and oxygen atoms in total. The summed E-state index contributed by atoms with van der Waals surface area (Å²) in [6.45, 7) is 1.35. The predicted molar refractivity (Wildman–Crippen MR) is 84.0 cm³/mol. The number of hydrogen-bond acceptors (Lipinski definition) is 6. The van der Waals surface area contributed by atoms with Gasteiger partial charge in [0.25, 0.3) is 0 Å². The second-order valence-electron chi connectivity index (χ2n) is 5.25. The minimum Gasteiger partial charge on any atom is -0.480 e. The van der Waals surface area contributed by atoms with Crippen LogP contribution in [0.5, 0.6) is 5.75 Å². The van der Waals surface area contributed by atoms with E-state index in [-0.39, 0.29) is 17.7 Å². The summed E-state index contributed by atoms with van der Waals surface area (Å²) in [5, 5.41) is 27.4. The van der Waals surface area contributed by atoms with E-state index in [2.05, 4.69) is 0 Å². The lowest BCUT2D eigenvalue weighted by Crippen LogP contribution is -2.31. The average molecular weight is 361 g/mol. The molecule has 0 saturated carbocycles. The zero-order valence-electron chi connectivity index (χ0n) is 12.9. The number of rotatable bonds is 9. The number of carboxylic acid groups (broad SMARTS) is 2. The summed E-state index contributed by atoms with van der Waals surface area (Å²) in [4.78, 5) is 31.2. The van der Waals surface area contributed by atoms with Crippen molar-refractivity contribution in [2.75, 3.05) is 6.16 Å². The van der Waals surface area contributed by atoms with Crippen molar-refractivity contribution in [1.82, 2.24) is 0 Å². The van der Waals surface area contributed by atoms with Gasteiger partial charge < -0.3 is 30.7 Å². The maximum atomic E-state index is 12.1. The molecule has 4 atom stereocenters. The van der Waals surface area contributed by atoms with E-state index in [9.17, 15) is 24.2 Å². The van der Waals surface area contributed by atoms with Crippen LogP contribution in [-0.4, -0.2) is 50.5 Å². The van der Waals surface area contributed by atoms with E-state index in [1.165, 1.54) is 31.2 Å². The SMILES string of the molecule is CC(Oc1ccc(C(O)P(=O)(O)CCC(N)C(=O)O)cc1)C(=O)O. The lowest BCUT2D eigenvalue weighted by molar-refractivity contribution is -0.144. The second kappa shape index (κ2) is 8.25. The molecular formula is C14H20NO8P. The van der Waals surface area contributed by atoms with Crippen molar-refractivity contribution in [1.29, 1.82) is 0 Å². The molecule has 1 rings (SSSR count). The van der Waals surface area contributed by atoms with Gasteiger partial charge in [-0.2, -0.15) is 0 Å². The summed E-state index contributed by atoms with van der Waals surface area (Å²) in [6.07, 6.45) is -1.77. The Balaban J connectivity index is 2.76. The Kier molecular flexibility index (Phi) is 6.92. The number of aliphatic hydroxyl groups excluding tert-OH is 1. The number of nitrogens with two attached hydrogens (primary N) is 1. The summed E-state index contributed by atoms with van der Waals surface area (Å²) < 4.78 is 17.2. The molecule has 0 aromatic heterocycles. The van der Waals surface area contributed by atoms with Gasteiger partial charge in [0.05, 0.1) is 0 Å². The lowest BCUT2D eigenvalue weighted by Gasteiger charge is -2.20. The Bertz CT molecular complexity index is 632. The van der Waals surface area contributed by atoms with Crippen LogP contribution >= 0.6 is 7.37 Å². The van der Waals surface area contributed by atoms with Crippen LogP contribution in [0.25, 0.3) is 0 Å². The van der Waals surface area contributed by atoms with Gasteiger partial charge in [0.2, 0.25) is 7.37 Å². The molecule has 0 aliphatic heterocycles. The zero-order valence-corrected chi connectivity index (χ0v) is 13.8. The molecule has 134 valence electrons. The Hall–Kier alpha value is -1.93. The first-order valence-corrected chi connectivity index (χ1v) is 8.93. The molecule has 1 aromatic carbocycles. The molecule has 6 N–H and O–H groups in total. The third kappa shape index (κ3) is 5.61. The van der Waals surface area contributed by atoms with Gasteiger partial charge in [-0.15, -0.1) is 0 Å². The van der Waals surface area contributed by atoms with E-state index >= 15 is 0 Å². The van der Waals surface area contributed by atoms with Crippen LogP contribution in [0.2, 0.25) is 0 Å². The van der Waals surface area contributed by atoms with Gasteiger partial charge in [-0.05, 0) is 31.0 Å². The maximum absolute atomic E-state index is 12.1. The molecule has 4 unspecified atom stereocenters. The largest absolute Gasteiger partial charge is 0.480 e. The molecule has 0 saturated heterocycles. The van der Waals surface area contributed by atoms with Crippen molar-refractivity contribution in [2.45, 2.75) is 31.3 Å². The molecule has 0 aliphatic rings. The number of carboxylic acids is 2. The predicted octanol–water partition coefficient (Wildman–Crippen LogP) is 0.602. The molecule has 0 aliphatic carbocycles. The summed E-state index contributed by atoms with van der Waals surface area (Å²) in [5.41, 5.74) is 5.40. The second-order valence-corrected chi connectivity index (χ2v) is 7.70. The van der Waals surface area contributed by atoms with Crippen LogP contribution in [0.1, 0.15) is 24.8 Å². The summed E-state index contributed by atoms with van der Waals surface area (Å²) in [5.74, 6) is -3.92. The molecule has 0 radical (unpaired) electrons. The van der Waals surface area contributed by atoms with Crippen molar-refractivity contribution in [2.24, 2.45) is 5.73 Å². The Morgan fingerprint density at radius 2 is 1.75 bits per heavy atom. The van der Waals surface area contributed by atoms with Gasteiger partial charge in [-0.25, -0.2) is 4.79 Å². The van der Waals surface area contributed by atoms with Crippen molar-refractivity contribution >= 4 is 19.3 Å². The molecule has 24 heavy (non-hydrogen) atoms. The summed E-state index contributed by atoms with van der Waals surface area (Å²) in [7, 11) is -4.08. The molecule has 0 amide bonds. The fourth-order valence-electron chi connectivity index (χ4n) is 1.78. The van der Waals surface area contributed by atoms with Gasteiger partial charge >= 0.3 is 11.9 Å². The molecule has 0 bridgehead atoms. The van der Waals surface area contributed by atoms with Crippen LogP contribution in [-0.2, 0) is 14.2 Å². The number of aliphatic hydroxyl groups is 1. The normalized spacial score (nSPS) is 17.3. The average Bonchev–Trinajstić information content (AvgIpc) is 2.52. The van der Waals surface area contributed by atoms with E-state index < -0.39 is 43.5 Å². The number of aliphatic carboxylic acids is 2.